The summed E-state index contributed by atoms with van der Waals surface area (Å²) in [6.45, 7) is 4.85. The first kappa shape index (κ1) is 12.8. The van der Waals surface area contributed by atoms with Crippen LogP contribution in [-0.4, -0.2) is 30.4 Å². The zero-order valence-corrected chi connectivity index (χ0v) is 10.4. The molecule has 0 aliphatic rings. The molecule has 1 rings (SSSR count). The Kier molecular flexibility index (Phi) is 5.39. The largest absolute Gasteiger partial charge is 0.488 e. The van der Waals surface area contributed by atoms with Gasteiger partial charge >= 0.3 is 0 Å². The van der Waals surface area contributed by atoms with Gasteiger partial charge in [0.15, 0.2) is 0 Å². The summed E-state index contributed by atoms with van der Waals surface area (Å²) in [6.07, 6.45) is -0.511. The van der Waals surface area contributed by atoms with Crippen LogP contribution in [0.1, 0.15) is 13.8 Å². The summed E-state index contributed by atoms with van der Waals surface area (Å²) >= 11 is 7.32. The van der Waals surface area contributed by atoms with E-state index in [-0.39, 0.29) is 6.61 Å². The molecule has 0 aliphatic heterocycles. The van der Waals surface area contributed by atoms with Gasteiger partial charge in [0.05, 0.1) is 5.02 Å². The molecular weight excluding hydrogens is 234 g/mol. The molecule has 0 fully saturated rings. The molecule has 86 valence electrons. The van der Waals surface area contributed by atoms with E-state index >= 15 is 0 Å². The van der Waals surface area contributed by atoms with E-state index in [0.717, 1.165) is 0 Å². The van der Waals surface area contributed by atoms with Gasteiger partial charge in [0.2, 0.25) is 0 Å². The Balaban J connectivity index is 2.22. The molecule has 0 radical (unpaired) electrons. The fraction of sp³-hybridized carbons (Fsp3) is 0.600. The molecule has 0 aromatic carbocycles. The van der Waals surface area contributed by atoms with Crippen molar-refractivity contribution in [2.45, 2.75) is 26.0 Å². The van der Waals surface area contributed by atoms with Crippen molar-refractivity contribution in [3.05, 3.63) is 15.8 Å². The number of halogens is 1. The van der Waals surface area contributed by atoms with Crippen molar-refractivity contribution in [1.82, 2.24) is 5.32 Å². The van der Waals surface area contributed by atoms with Crippen molar-refractivity contribution in [3.63, 3.8) is 0 Å². The van der Waals surface area contributed by atoms with Crippen LogP contribution in [0.3, 0.4) is 0 Å². The lowest BCUT2D eigenvalue weighted by atomic mass is 10.3. The van der Waals surface area contributed by atoms with Crippen molar-refractivity contribution in [2.24, 2.45) is 0 Å². The second-order valence-corrected chi connectivity index (χ2v) is 4.76. The van der Waals surface area contributed by atoms with Gasteiger partial charge in [-0.15, -0.1) is 11.3 Å². The summed E-state index contributed by atoms with van der Waals surface area (Å²) in [5.74, 6) is 0.644. The molecule has 0 spiro atoms. The first-order valence-corrected chi connectivity index (χ1v) is 6.17. The minimum absolute atomic E-state index is 0.260. The van der Waals surface area contributed by atoms with Crippen LogP contribution in [0.5, 0.6) is 5.75 Å². The third-order valence-electron chi connectivity index (χ3n) is 1.77. The van der Waals surface area contributed by atoms with Crippen molar-refractivity contribution >= 4 is 22.9 Å². The van der Waals surface area contributed by atoms with Gasteiger partial charge in [0.25, 0.3) is 0 Å². The summed E-state index contributed by atoms with van der Waals surface area (Å²) in [6, 6.07) is 0.365. The van der Waals surface area contributed by atoms with Crippen LogP contribution >= 0.6 is 22.9 Å². The summed E-state index contributed by atoms with van der Waals surface area (Å²) < 4.78 is 5.36. The van der Waals surface area contributed by atoms with E-state index in [0.29, 0.717) is 23.4 Å². The monoisotopic (exact) mass is 249 g/mol. The molecular formula is C10H16ClNO2S. The Hall–Kier alpha value is -0.290. The number of rotatable bonds is 6. The average Bonchev–Trinajstić information content (AvgIpc) is 2.58. The van der Waals surface area contributed by atoms with Crippen LogP contribution in [0.4, 0.5) is 0 Å². The maximum atomic E-state index is 9.56. The highest BCUT2D eigenvalue weighted by atomic mass is 35.5. The van der Waals surface area contributed by atoms with E-state index in [9.17, 15) is 5.11 Å². The molecule has 0 saturated heterocycles. The van der Waals surface area contributed by atoms with Crippen molar-refractivity contribution in [3.8, 4) is 5.75 Å². The van der Waals surface area contributed by atoms with Gasteiger partial charge in [-0.2, -0.15) is 0 Å². The van der Waals surface area contributed by atoms with E-state index in [1.54, 1.807) is 5.38 Å². The Morgan fingerprint density at radius 3 is 2.80 bits per heavy atom. The Morgan fingerprint density at radius 1 is 1.53 bits per heavy atom. The fourth-order valence-electron chi connectivity index (χ4n) is 0.990. The quantitative estimate of drug-likeness (QED) is 0.812. The van der Waals surface area contributed by atoms with Crippen molar-refractivity contribution < 1.29 is 9.84 Å². The number of thiophene rings is 1. The van der Waals surface area contributed by atoms with Crippen molar-refractivity contribution in [2.75, 3.05) is 13.2 Å². The third-order valence-corrected chi connectivity index (χ3v) is 2.92. The molecule has 2 N–H and O–H groups in total. The zero-order chi connectivity index (χ0) is 11.3. The molecule has 3 nitrogen and oxygen atoms in total. The predicted octanol–water partition coefficient (Wildman–Crippen LogP) is 2.14. The van der Waals surface area contributed by atoms with E-state index in [1.165, 1.54) is 11.3 Å². The second-order valence-electron chi connectivity index (χ2n) is 3.61. The minimum Gasteiger partial charge on any atom is -0.488 e. The van der Waals surface area contributed by atoms with E-state index < -0.39 is 6.10 Å². The molecule has 1 aromatic rings. The Labute approximate surface area is 99.0 Å². The van der Waals surface area contributed by atoms with Crippen LogP contribution in [0, 0.1) is 0 Å². The number of ether oxygens (including phenoxy) is 1. The van der Waals surface area contributed by atoms with Gasteiger partial charge in [-0.1, -0.05) is 25.4 Å². The molecule has 1 unspecified atom stereocenters. The minimum atomic E-state index is -0.511. The highest BCUT2D eigenvalue weighted by Gasteiger charge is 2.08. The molecule has 0 bridgehead atoms. The topological polar surface area (TPSA) is 41.5 Å². The van der Waals surface area contributed by atoms with E-state index in [1.807, 2.05) is 19.2 Å². The van der Waals surface area contributed by atoms with Crippen molar-refractivity contribution in [1.29, 1.82) is 0 Å². The highest BCUT2D eigenvalue weighted by Crippen LogP contribution is 2.28. The van der Waals surface area contributed by atoms with E-state index in [4.69, 9.17) is 16.3 Å². The third kappa shape index (κ3) is 4.84. The van der Waals surface area contributed by atoms with Crippen LogP contribution in [0.25, 0.3) is 0 Å². The molecule has 15 heavy (non-hydrogen) atoms. The first-order chi connectivity index (χ1) is 7.09. The molecule has 5 heteroatoms. The van der Waals surface area contributed by atoms with Crippen LogP contribution in [-0.2, 0) is 0 Å². The van der Waals surface area contributed by atoms with Crippen LogP contribution < -0.4 is 10.1 Å². The molecule has 0 amide bonds. The van der Waals surface area contributed by atoms with Crippen LogP contribution in [0.2, 0.25) is 5.02 Å². The molecule has 1 heterocycles. The Morgan fingerprint density at radius 2 is 2.27 bits per heavy atom. The highest BCUT2D eigenvalue weighted by molar-refractivity contribution is 7.08. The van der Waals surface area contributed by atoms with Gasteiger partial charge in [-0.3, -0.25) is 0 Å². The summed E-state index contributed by atoms with van der Waals surface area (Å²) in [5.41, 5.74) is 0. The average molecular weight is 250 g/mol. The van der Waals surface area contributed by atoms with Gasteiger partial charge in [-0.05, 0) is 0 Å². The van der Waals surface area contributed by atoms with Gasteiger partial charge in [-0.25, -0.2) is 0 Å². The summed E-state index contributed by atoms with van der Waals surface area (Å²) in [7, 11) is 0. The Bertz CT molecular complexity index is 291. The summed E-state index contributed by atoms with van der Waals surface area (Å²) in [4.78, 5) is 0. The zero-order valence-electron chi connectivity index (χ0n) is 8.87. The maximum absolute atomic E-state index is 9.56. The SMILES string of the molecule is CC(C)NCC(O)COc1cscc1Cl. The maximum Gasteiger partial charge on any atom is 0.148 e. The molecule has 0 saturated carbocycles. The lowest BCUT2D eigenvalue weighted by Crippen LogP contribution is -2.35. The normalized spacial score (nSPS) is 13.1. The fourth-order valence-corrected chi connectivity index (χ4v) is 1.94. The van der Waals surface area contributed by atoms with Gasteiger partial charge < -0.3 is 15.2 Å². The molecule has 0 aliphatic carbocycles. The number of nitrogens with one attached hydrogen (secondary N) is 1. The standard InChI is InChI=1S/C10H16ClNO2S/c1-7(2)12-3-8(13)4-14-10-6-15-5-9(10)11/h5-8,12-13H,3-4H2,1-2H3. The van der Waals surface area contributed by atoms with Gasteiger partial charge in [0, 0.05) is 23.3 Å². The van der Waals surface area contributed by atoms with Crippen LogP contribution in [0.15, 0.2) is 10.8 Å². The number of aliphatic hydroxyl groups excluding tert-OH is 1. The first-order valence-electron chi connectivity index (χ1n) is 4.85. The molecule has 1 aromatic heterocycles. The lowest BCUT2D eigenvalue weighted by Gasteiger charge is -2.14. The second kappa shape index (κ2) is 6.33. The number of hydrogen-bond donors (Lipinski definition) is 2. The number of aliphatic hydroxyl groups is 1. The lowest BCUT2D eigenvalue weighted by molar-refractivity contribution is 0.105. The van der Waals surface area contributed by atoms with Gasteiger partial charge in [0.1, 0.15) is 18.5 Å². The predicted molar refractivity (Wildman–Crippen MR) is 64.0 cm³/mol. The smallest absolute Gasteiger partial charge is 0.148 e. The summed E-state index contributed by atoms with van der Waals surface area (Å²) in [5, 5.41) is 16.9. The number of hydrogen-bond acceptors (Lipinski definition) is 4. The van der Waals surface area contributed by atoms with E-state index in [2.05, 4.69) is 5.32 Å². The molecule has 1 atom stereocenters.